The fraction of sp³-hybridized carbons (Fsp3) is 0.364. The summed E-state index contributed by atoms with van der Waals surface area (Å²) in [5.74, 6) is 0.647. The van der Waals surface area contributed by atoms with E-state index in [0.29, 0.717) is 12.3 Å². The smallest absolute Gasteiger partial charge is 0.410 e. The minimum atomic E-state index is -0.300. The third-order valence-electron chi connectivity index (χ3n) is 1.92. The number of allylic oxidation sites excluding steroid dienone is 3. The van der Waals surface area contributed by atoms with E-state index < -0.39 is 0 Å². The summed E-state index contributed by atoms with van der Waals surface area (Å²) in [6.07, 6.45) is 7.26. The van der Waals surface area contributed by atoms with Gasteiger partial charge in [0.1, 0.15) is 5.76 Å². The van der Waals surface area contributed by atoms with E-state index in [0.717, 1.165) is 5.57 Å². The quantitative estimate of drug-likeness (QED) is 0.674. The van der Waals surface area contributed by atoms with Crippen LogP contribution in [0.15, 0.2) is 35.6 Å². The molecule has 1 amide bonds. The molecule has 0 aliphatic carbocycles. The third-order valence-corrected chi connectivity index (χ3v) is 1.92. The zero-order valence-corrected chi connectivity index (χ0v) is 8.78. The summed E-state index contributed by atoms with van der Waals surface area (Å²) >= 11 is 0. The van der Waals surface area contributed by atoms with Gasteiger partial charge in [-0.05, 0) is 19.9 Å². The summed E-state index contributed by atoms with van der Waals surface area (Å²) in [6, 6.07) is 0. The third kappa shape index (κ3) is 2.25. The van der Waals surface area contributed by atoms with E-state index in [1.807, 2.05) is 32.1 Å². The standard InChI is InChI=1S/C11H15NO2/c1-4-6-9-8-12(3)11(13)14-10(9)7-5-2/h4-7H,8H2,1-3H3/b6-4-,7-5-. The first-order valence-corrected chi connectivity index (χ1v) is 4.60. The molecule has 76 valence electrons. The van der Waals surface area contributed by atoms with Crippen LogP contribution in [0, 0.1) is 0 Å². The molecule has 0 aromatic rings. The Morgan fingerprint density at radius 3 is 2.50 bits per heavy atom. The van der Waals surface area contributed by atoms with Crippen LogP contribution in [0.2, 0.25) is 0 Å². The molecule has 0 aromatic carbocycles. The Kier molecular flexibility index (Phi) is 3.51. The molecule has 0 spiro atoms. The molecule has 0 atom stereocenters. The second kappa shape index (κ2) is 4.65. The minimum absolute atomic E-state index is 0.300. The van der Waals surface area contributed by atoms with Crippen molar-refractivity contribution in [3.8, 4) is 0 Å². The van der Waals surface area contributed by atoms with Crippen molar-refractivity contribution in [1.82, 2.24) is 4.90 Å². The van der Waals surface area contributed by atoms with E-state index in [2.05, 4.69) is 0 Å². The topological polar surface area (TPSA) is 29.5 Å². The summed E-state index contributed by atoms with van der Waals surface area (Å²) in [4.78, 5) is 12.8. The van der Waals surface area contributed by atoms with Gasteiger partial charge in [-0.3, -0.25) is 0 Å². The van der Waals surface area contributed by atoms with E-state index in [9.17, 15) is 4.79 Å². The highest BCUT2D eigenvalue weighted by molar-refractivity contribution is 5.71. The van der Waals surface area contributed by atoms with Gasteiger partial charge < -0.3 is 9.64 Å². The normalized spacial score (nSPS) is 18.5. The van der Waals surface area contributed by atoms with E-state index in [1.165, 1.54) is 0 Å². The van der Waals surface area contributed by atoms with Crippen LogP contribution in [-0.4, -0.2) is 24.6 Å². The Labute approximate surface area is 84.3 Å². The zero-order valence-electron chi connectivity index (χ0n) is 8.78. The van der Waals surface area contributed by atoms with Gasteiger partial charge in [0, 0.05) is 12.6 Å². The Balaban J connectivity index is 3.00. The largest absolute Gasteiger partial charge is 0.415 e. The fourth-order valence-electron chi connectivity index (χ4n) is 1.26. The number of amides is 1. The van der Waals surface area contributed by atoms with E-state index in [4.69, 9.17) is 4.74 Å². The number of nitrogens with zero attached hydrogens (tertiary/aromatic N) is 1. The molecule has 0 bridgehead atoms. The second-order valence-corrected chi connectivity index (χ2v) is 3.11. The van der Waals surface area contributed by atoms with Gasteiger partial charge in [0.15, 0.2) is 0 Å². The maximum Gasteiger partial charge on any atom is 0.415 e. The summed E-state index contributed by atoms with van der Waals surface area (Å²) < 4.78 is 5.13. The first kappa shape index (κ1) is 10.6. The number of cyclic esters (lactones) is 1. The molecule has 1 aliphatic rings. The number of carbonyl (C=O) groups excluding carboxylic acids is 1. The van der Waals surface area contributed by atoms with Crippen molar-refractivity contribution < 1.29 is 9.53 Å². The molecular formula is C11H15NO2. The van der Waals surface area contributed by atoms with Gasteiger partial charge >= 0.3 is 6.09 Å². The lowest BCUT2D eigenvalue weighted by Crippen LogP contribution is -2.33. The lowest BCUT2D eigenvalue weighted by Gasteiger charge is -2.24. The van der Waals surface area contributed by atoms with Crippen molar-refractivity contribution in [1.29, 1.82) is 0 Å². The molecule has 0 unspecified atom stereocenters. The lowest BCUT2D eigenvalue weighted by atomic mass is 10.1. The number of likely N-dealkylation sites (N-methyl/N-ethyl adjacent to an activating group) is 1. The Hall–Kier alpha value is -1.51. The Bertz CT molecular complexity index is 313. The number of hydrogen-bond acceptors (Lipinski definition) is 2. The summed E-state index contributed by atoms with van der Waals surface area (Å²) in [7, 11) is 1.72. The minimum Gasteiger partial charge on any atom is -0.410 e. The first-order chi connectivity index (χ1) is 6.69. The predicted octanol–water partition coefficient (Wildman–Crippen LogP) is 2.47. The average molecular weight is 193 g/mol. The second-order valence-electron chi connectivity index (χ2n) is 3.11. The van der Waals surface area contributed by atoms with E-state index in [1.54, 1.807) is 18.0 Å². The van der Waals surface area contributed by atoms with Crippen molar-refractivity contribution in [2.75, 3.05) is 13.6 Å². The van der Waals surface area contributed by atoms with Gasteiger partial charge in [0.2, 0.25) is 0 Å². The van der Waals surface area contributed by atoms with Crippen molar-refractivity contribution in [2.45, 2.75) is 13.8 Å². The molecule has 0 fully saturated rings. The molecule has 3 nitrogen and oxygen atoms in total. The molecule has 0 radical (unpaired) electrons. The summed E-state index contributed by atoms with van der Waals surface area (Å²) in [6.45, 7) is 4.44. The molecule has 0 N–H and O–H groups in total. The molecular weight excluding hydrogens is 178 g/mol. The van der Waals surface area contributed by atoms with Crippen LogP contribution in [0.4, 0.5) is 4.79 Å². The first-order valence-electron chi connectivity index (χ1n) is 4.60. The SMILES string of the molecule is C/C=C\C1=C(/C=C\C)OC(=O)N(C)C1. The summed E-state index contributed by atoms with van der Waals surface area (Å²) in [5.41, 5.74) is 1.02. The molecule has 0 saturated carbocycles. The Morgan fingerprint density at radius 2 is 1.93 bits per heavy atom. The number of ether oxygens (including phenoxy) is 1. The van der Waals surface area contributed by atoms with Crippen LogP contribution in [0.3, 0.4) is 0 Å². The van der Waals surface area contributed by atoms with Gasteiger partial charge in [0.05, 0.1) is 6.54 Å². The molecule has 1 aliphatic heterocycles. The van der Waals surface area contributed by atoms with E-state index in [-0.39, 0.29) is 6.09 Å². The van der Waals surface area contributed by atoms with Crippen molar-refractivity contribution in [2.24, 2.45) is 0 Å². The number of hydrogen-bond donors (Lipinski definition) is 0. The fourth-order valence-corrected chi connectivity index (χ4v) is 1.26. The predicted molar refractivity (Wildman–Crippen MR) is 55.8 cm³/mol. The molecule has 0 saturated heterocycles. The average Bonchev–Trinajstić information content (AvgIpc) is 2.14. The van der Waals surface area contributed by atoms with Crippen molar-refractivity contribution in [3.63, 3.8) is 0 Å². The van der Waals surface area contributed by atoms with E-state index >= 15 is 0 Å². The molecule has 3 heteroatoms. The van der Waals surface area contributed by atoms with Crippen LogP contribution < -0.4 is 0 Å². The van der Waals surface area contributed by atoms with Gasteiger partial charge in [-0.25, -0.2) is 4.79 Å². The molecule has 1 rings (SSSR count). The van der Waals surface area contributed by atoms with Crippen LogP contribution in [0.1, 0.15) is 13.8 Å². The lowest BCUT2D eigenvalue weighted by molar-refractivity contribution is 0.134. The molecule has 1 heterocycles. The monoisotopic (exact) mass is 193 g/mol. The van der Waals surface area contributed by atoms with Crippen molar-refractivity contribution in [3.05, 3.63) is 35.6 Å². The van der Waals surface area contributed by atoms with Crippen LogP contribution in [0.25, 0.3) is 0 Å². The zero-order chi connectivity index (χ0) is 10.6. The Morgan fingerprint density at radius 1 is 1.29 bits per heavy atom. The number of rotatable bonds is 2. The van der Waals surface area contributed by atoms with Gasteiger partial charge in [-0.2, -0.15) is 0 Å². The highest BCUT2D eigenvalue weighted by atomic mass is 16.6. The van der Waals surface area contributed by atoms with Crippen LogP contribution >= 0.6 is 0 Å². The van der Waals surface area contributed by atoms with Crippen LogP contribution in [0.5, 0.6) is 0 Å². The van der Waals surface area contributed by atoms with Crippen LogP contribution in [-0.2, 0) is 4.74 Å². The highest BCUT2D eigenvalue weighted by Gasteiger charge is 2.20. The summed E-state index contributed by atoms with van der Waals surface area (Å²) in [5, 5.41) is 0. The highest BCUT2D eigenvalue weighted by Crippen LogP contribution is 2.18. The van der Waals surface area contributed by atoms with Gasteiger partial charge in [-0.1, -0.05) is 18.2 Å². The maximum absolute atomic E-state index is 11.2. The van der Waals surface area contributed by atoms with Gasteiger partial charge in [0.25, 0.3) is 0 Å². The molecule has 14 heavy (non-hydrogen) atoms. The van der Waals surface area contributed by atoms with Gasteiger partial charge in [-0.15, -0.1) is 0 Å². The maximum atomic E-state index is 11.2. The molecule has 0 aromatic heterocycles. The van der Waals surface area contributed by atoms with Crippen molar-refractivity contribution >= 4 is 6.09 Å². The number of carbonyl (C=O) groups is 1.